The molecular formula is C21H22N4O3. The summed E-state index contributed by atoms with van der Waals surface area (Å²) in [6.45, 7) is 2.76. The molecule has 0 spiro atoms. The zero-order chi connectivity index (χ0) is 19.5. The maximum absolute atomic E-state index is 12.6. The Labute approximate surface area is 163 Å². The lowest BCUT2D eigenvalue weighted by molar-refractivity contribution is -0.142. The molecule has 0 fully saturated rings. The van der Waals surface area contributed by atoms with Crippen LogP contribution in [-0.2, 0) is 17.8 Å². The predicted octanol–water partition coefficient (Wildman–Crippen LogP) is 2.10. The molecule has 0 bridgehead atoms. The van der Waals surface area contributed by atoms with Crippen LogP contribution in [0.5, 0.6) is 5.75 Å². The number of nitrogens with one attached hydrogen (secondary N) is 1. The van der Waals surface area contributed by atoms with E-state index < -0.39 is 6.10 Å². The van der Waals surface area contributed by atoms with E-state index in [0.717, 1.165) is 28.3 Å². The van der Waals surface area contributed by atoms with E-state index in [2.05, 4.69) is 15.0 Å². The fraction of sp³-hybridized carbons (Fsp3) is 0.286. The quantitative estimate of drug-likeness (QED) is 0.710. The van der Waals surface area contributed by atoms with Crippen LogP contribution >= 0.6 is 0 Å². The van der Waals surface area contributed by atoms with E-state index in [1.165, 1.54) is 0 Å². The Bertz CT molecular complexity index is 971. The van der Waals surface area contributed by atoms with Crippen molar-refractivity contribution in [3.05, 3.63) is 65.7 Å². The van der Waals surface area contributed by atoms with Crippen molar-refractivity contribution in [2.24, 2.45) is 0 Å². The minimum Gasteiger partial charge on any atom is -0.490 e. The molecule has 0 saturated carbocycles. The lowest BCUT2D eigenvalue weighted by atomic mass is 10.1. The van der Waals surface area contributed by atoms with Gasteiger partial charge in [-0.05, 0) is 30.7 Å². The number of nitrogens with zero attached hydrogens (tertiary/aromatic N) is 3. The normalized spacial score (nSPS) is 14.4. The molecule has 28 heavy (non-hydrogen) atoms. The van der Waals surface area contributed by atoms with Gasteiger partial charge in [0, 0.05) is 30.9 Å². The average Bonchev–Trinajstić information content (AvgIpc) is 3.16. The maximum atomic E-state index is 12.6. The van der Waals surface area contributed by atoms with Gasteiger partial charge in [-0.2, -0.15) is 0 Å². The fourth-order valence-corrected chi connectivity index (χ4v) is 3.29. The van der Waals surface area contributed by atoms with Crippen LogP contribution in [0.15, 0.2) is 48.8 Å². The second-order valence-electron chi connectivity index (χ2n) is 6.85. The Morgan fingerprint density at radius 1 is 1.32 bits per heavy atom. The summed E-state index contributed by atoms with van der Waals surface area (Å²) in [5, 5.41) is 10.3. The lowest BCUT2D eigenvalue weighted by Gasteiger charge is -2.28. The Balaban J connectivity index is 1.40. The van der Waals surface area contributed by atoms with Crippen LogP contribution < -0.4 is 4.74 Å². The van der Waals surface area contributed by atoms with Crippen LogP contribution in [0.2, 0.25) is 0 Å². The first kappa shape index (κ1) is 18.2. The van der Waals surface area contributed by atoms with Crippen molar-refractivity contribution < 1.29 is 14.6 Å². The molecule has 3 heterocycles. The van der Waals surface area contributed by atoms with Crippen molar-refractivity contribution in [3.8, 4) is 17.1 Å². The molecule has 0 radical (unpaired) electrons. The molecule has 1 unspecified atom stereocenters. The fourth-order valence-electron chi connectivity index (χ4n) is 3.29. The molecular weight excluding hydrogens is 356 g/mol. The van der Waals surface area contributed by atoms with E-state index in [0.29, 0.717) is 25.3 Å². The Kier molecular flexibility index (Phi) is 5.08. The van der Waals surface area contributed by atoms with Gasteiger partial charge in [-0.1, -0.05) is 18.2 Å². The molecule has 3 aromatic rings. The van der Waals surface area contributed by atoms with E-state index in [1.54, 1.807) is 17.3 Å². The highest BCUT2D eigenvalue weighted by Crippen LogP contribution is 2.23. The highest BCUT2D eigenvalue weighted by Gasteiger charge is 2.28. The predicted molar refractivity (Wildman–Crippen MR) is 104 cm³/mol. The maximum Gasteiger partial charge on any atom is 0.255 e. The number of aliphatic hydroxyl groups excluding tert-OH is 1. The number of hydrogen-bond acceptors (Lipinski definition) is 5. The van der Waals surface area contributed by atoms with Crippen LogP contribution in [0.4, 0.5) is 0 Å². The van der Waals surface area contributed by atoms with Crippen molar-refractivity contribution in [3.63, 3.8) is 0 Å². The van der Waals surface area contributed by atoms with E-state index in [9.17, 15) is 9.90 Å². The number of para-hydroxylation sites is 1. The van der Waals surface area contributed by atoms with Gasteiger partial charge >= 0.3 is 0 Å². The molecule has 1 aromatic carbocycles. The van der Waals surface area contributed by atoms with Crippen molar-refractivity contribution in [2.75, 3.05) is 13.2 Å². The van der Waals surface area contributed by atoms with Gasteiger partial charge in [-0.25, -0.2) is 4.98 Å². The minimum atomic E-state index is -1.21. The summed E-state index contributed by atoms with van der Waals surface area (Å²) < 4.78 is 5.62. The number of pyridine rings is 1. The van der Waals surface area contributed by atoms with Crippen molar-refractivity contribution in [2.45, 2.75) is 26.0 Å². The third-order valence-corrected chi connectivity index (χ3v) is 4.85. The molecule has 2 N–H and O–H groups in total. The first-order valence-electron chi connectivity index (χ1n) is 9.25. The van der Waals surface area contributed by atoms with Crippen LogP contribution in [0.25, 0.3) is 11.4 Å². The number of aliphatic hydroxyl groups is 1. The molecule has 1 aliphatic heterocycles. The standard InChI is InChI=1S/C21H22N4O3/c1-14-5-2-3-7-19(14)28-13-18(26)21(27)25-10-8-16-17(12-25)24-20(23-16)15-6-4-9-22-11-15/h2-7,9,11,18,26H,8,10,12-13H2,1H3,(H,23,24). The number of ether oxygens (including phenoxy) is 1. The SMILES string of the molecule is Cc1ccccc1OCC(O)C(=O)N1CCc2nc(-c3cccnc3)[nH]c2C1. The van der Waals surface area contributed by atoms with Crippen LogP contribution in [0, 0.1) is 6.92 Å². The van der Waals surface area contributed by atoms with Crippen molar-refractivity contribution in [1.82, 2.24) is 19.9 Å². The zero-order valence-corrected chi connectivity index (χ0v) is 15.6. The highest BCUT2D eigenvalue weighted by atomic mass is 16.5. The van der Waals surface area contributed by atoms with Crippen molar-refractivity contribution in [1.29, 1.82) is 0 Å². The van der Waals surface area contributed by atoms with E-state index >= 15 is 0 Å². The Morgan fingerprint density at radius 2 is 2.18 bits per heavy atom. The first-order chi connectivity index (χ1) is 13.6. The number of aryl methyl sites for hydroxylation is 1. The molecule has 0 aliphatic carbocycles. The van der Waals surface area contributed by atoms with Gasteiger partial charge in [0.05, 0.1) is 17.9 Å². The summed E-state index contributed by atoms with van der Waals surface area (Å²) in [5.41, 5.74) is 3.71. The minimum absolute atomic E-state index is 0.0725. The summed E-state index contributed by atoms with van der Waals surface area (Å²) in [5.74, 6) is 1.08. The van der Waals surface area contributed by atoms with Gasteiger partial charge in [-0.15, -0.1) is 0 Å². The summed E-state index contributed by atoms with van der Waals surface area (Å²) >= 11 is 0. The van der Waals surface area contributed by atoms with Crippen LogP contribution in [0.1, 0.15) is 17.0 Å². The first-order valence-corrected chi connectivity index (χ1v) is 9.25. The third kappa shape index (κ3) is 3.75. The summed E-state index contributed by atoms with van der Waals surface area (Å²) in [4.78, 5) is 26.3. The number of carbonyl (C=O) groups is 1. The number of amides is 1. The molecule has 2 aromatic heterocycles. The monoisotopic (exact) mass is 378 g/mol. The summed E-state index contributed by atoms with van der Waals surface area (Å²) in [6.07, 6.45) is 2.90. The van der Waals surface area contributed by atoms with Gasteiger partial charge in [0.15, 0.2) is 6.10 Å². The van der Waals surface area contributed by atoms with Gasteiger partial charge in [0.25, 0.3) is 5.91 Å². The number of fused-ring (bicyclic) bond motifs is 1. The van der Waals surface area contributed by atoms with E-state index in [-0.39, 0.29) is 12.5 Å². The lowest BCUT2D eigenvalue weighted by Crippen LogP contribution is -2.44. The average molecular weight is 378 g/mol. The zero-order valence-electron chi connectivity index (χ0n) is 15.6. The van der Waals surface area contributed by atoms with Crippen LogP contribution in [-0.4, -0.2) is 50.1 Å². The highest BCUT2D eigenvalue weighted by molar-refractivity contribution is 5.81. The summed E-state index contributed by atoms with van der Waals surface area (Å²) in [7, 11) is 0. The van der Waals surface area contributed by atoms with Crippen molar-refractivity contribution >= 4 is 5.91 Å². The molecule has 4 rings (SSSR count). The van der Waals surface area contributed by atoms with Crippen LogP contribution in [0.3, 0.4) is 0 Å². The number of rotatable bonds is 5. The molecule has 7 nitrogen and oxygen atoms in total. The van der Waals surface area contributed by atoms with Gasteiger partial charge < -0.3 is 19.7 Å². The molecule has 7 heteroatoms. The van der Waals surface area contributed by atoms with Gasteiger partial charge in [0.1, 0.15) is 18.2 Å². The van der Waals surface area contributed by atoms with E-state index in [1.807, 2.05) is 43.3 Å². The molecule has 1 aliphatic rings. The third-order valence-electron chi connectivity index (χ3n) is 4.85. The molecule has 1 atom stereocenters. The molecule has 144 valence electrons. The smallest absolute Gasteiger partial charge is 0.255 e. The number of imidazole rings is 1. The van der Waals surface area contributed by atoms with Gasteiger partial charge in [-0.3, -0.25) is 9.78 Å². The summed E-state index contributed by atoms with van der Waals surface area (Å²) in [6, 6.07) is 11.3. The van der Waals surface area contributed by atoms with Gasteiger partial charge in [0.2, 0.25) is 0 Å². The number of hydrogen-bond donors (Lipinski definition) is 2. The largest absolute Gasteiger partial charge is 0.490 e. The topological polar surface area (TPSA) is 91.3 Å². The number of H-pyrrole nitrogens is 1. The number of aromatic nitrogens is 3. The number of carbonyl (C=O) groups excluding carboxylic acids is 1. The molecule has 1 amide bonds. The number of aromatic amines is 1. The number of benzene rings is 1. The Morgan fingerprint density at radius 3 is 2.96 bits per heavy atom. The second kappa shape index (κ2) is 7.82. The Hall–Kier alpha value is -3.19. The van der Waals surface area contributed by atoms with E-state index in [4.69, 9.17) is 4.74 Å². The second-order valence-corrected chi connectivity index (χ2v) is 6.85. The molecule has 0 saturated heterocycles.